The van der Waals surface area contributed by atoms with E-state index in [1.54, 1.807) is 18.3 Å². The zero-order valence-electron chi connectivity index (χ0n) is 17.7. The molecule has 1 aromatic heterocycles. The van der Waals surface area contributed by atoms with Gasteiger partial charge in [0.1, 0.15) is 16.4 Å². The summed E-state index contributed by atoms with van der Waals surface area (Å²) in [6, 6.07) is 6.79. The van der Waals surface area contributed by atoms with E-state index in [1.807, 2.05) is 6.07 Å². The van der Waals surface area contributed by atoms with Gasteiger partial charge in [-0.15, -0.1) is 5.10 Å². The van der Waals surface area contributed by atoms with Gasteiger partial charge in [0, 0.05) is 51.4 Å². The molecule has 2 aliphatic rings. The van der Waals surface area contributed by atoms with Crippen LogP contribution in [0.3, 0.4) is 0 Å². The van der Waals surface area contributed by atoms with Crippen LogP contribution in [0.1, 0.15) is 0 Å². The van der Waals surface area contributed by atoms with Crippen molar-refractivity contribution in [1.29, 1.82) is 0 Å². The second-order valence-electron chi connectivity index (χ2n) is 7.28. The summed E-state index contributed by atoms with van der Waals surface area (Å²) in [5.41, 5.74) is 1.00. The van der Waals surface area contributed by atoms with Gasteiger partial charge >= 0.3 is 0 Å². The maximum absolute atomic E-state index is 13.3. The Morgan fingerprint density at radius 2 is 1.68 bits per heavy atom. The van der Waals surface area contributed by atoms with Crippen molar-refractivity contribution in [3.63, 3.8) is 0 Å². The number of hydrogen-bond acceptors (Lipinski definition) is 9. The van der Waals surface area contributed by atoms with E-state index in [-0.39, 0.29) is 4.90 Å². The van der Waals surface area contributed by atoms with Crippen LogP contribution in [-0.2, 0) is 14.8 Å². The lowest BCUT2D eigenvalue weighted by Crippen LogP contribution is -2.49. The van der Waals surface area contributed by atoms with Crippen LogP contribution in [0, 0.1) is 0 Å². The molecule has 2 saturated heterocycles. The molecule has 0 spiro atoms. The first-order valence-corrected chi connectivity index (χ1v) is 11.6. The van der Waals surface area contributed by atoms with Gasteiger partial charge in [-0.3, -0.25) is 0 Å². The van der Waals surface area contributed by atoms with Crippen LogP contribution in [-0.4, -0.2) is 89.6 Å². The number of methoxy groups -OCH3 is 2. The normalized spacial score (nSPS) is 18.1. The summed E-state index contributed by atoms with van der Waals surface area (Å²) in [7, 11) is -0.765. The lowest BCUT2D eigenvalue weighted by atomic mass is 10.3. The van der Waals surface area contributed by atoms with Crippen molar-refractivity contribution in [2.75, 3.05) is 76.5 Å². The van der Waals surface area contributed by atoms with Crippen molar-refractivity contribution in [3.05, 3.63) is 30.5 Å². The number of benzene rings is 1. The molecule has 2 fully saturated rings. The summed E-state index contributed by atoms with van der Waals surface area (Å²) in [6.07, 6.45) is 1.75. The predicted octanol–water partition coefficient (Wildman–Crippen LogP) is 0.841. The highest BCUT2D eigenvalue weighted by molar-refractivity contribution is 7.89. The smallest absolute Gasteiger partial charge is 0.247 e. The number of hydrogen-bond donors (Lipinski definition) is 0. The highest BCUT2D eigenvalue weighted by Gasteiger charge is 2.32. The van der Waals surface area contributed by atoms with E-state index in [9.17, 15) is 8.42 Å². The van der Waals surface area contributed by atoms with E-state index in [0.29, 0.717) is 50.9 Å². The van der Waals surface area contributed by atoms with Gasteiger partial charge in [-0.05, 0) is 12.1 Å². The summed E-state index contributed by atoms with van der Waals surface area (Å²) < 4.78 is 43.9. The van der Waals surface area contributed by atoms with Crippen molar-refractivity contribution < 1.29 is 22.6 Å². The minimum absolute atomic E-state index is 0.108. The highest BCUT2D eigenvalue weighted by Crippen LogP contribution is 2.31. The standard InChI is InChI=1S/C20H27N5O5S/c1-28-17-3-4-18(29-2)19(14-17)31(26,27)25-7-5-24(6-8-25)20-13-16(15-21-22-20)23-9-11-30-12-10-23/h3-4,13-15H,5-12H2,1-2H3. The van der Waals surface area contributed by atoms with Gasteiger partial charge in [0.15, 0.2) is 5.82 Å². The summed E-state index contributed by atoms with van der Waals surface area (Å²) in [6.45, 7) is 4.75. The van der Waals surface area contributed by atoms with Crippen molar-refractivity contribution in [3.8, 4) is 11.5 Å². The molecule has 0 N–H and O–H groups in total. The first-order valence-electron chi connectivity index (χ1n) is 10.2. The molecule has 0 saturated carbocycles. The molecule has 3 heterocycles. The lowest BCUT2D eigenvalue weighted by Gasteiger charge is -2.35. The number of piperazine rings is 1. The maximum Gasteiger partial charge on any atom is 0.247 e. The number of aromatic nitrogens is 2. The molecule has 0 radical (unpaired) electrons. The van der Waals surface area contributed by atoms with Crippen LogP contribution in [0.4, 0.5) is 11.5 Å². The van der Waals surface area contributed by atoms with E-state index in [2.05, 4.69) is 20.0 Å². The second kappa shape index (κ2) is 9.25. The van der Waals surface area contributed by atoms with E-state index >= 15 is 0 Å². The minimum Gasteiger partial charge on any atom is -0.497 e. The zero-order chi connectivity index (χ0) is 21.8. The third-order valence-electron chi connectivity index (χ3n) is 5.55. The van der Waals surface area contributed by atoms with E-state index < -0.39 is 10.0 Å². The molecule has 0 unspecified atom stereocenters. The monoisotopic (exact) mass is 449 g/mol. The Balaban J connectivity index is 1.47. The Morgan fingerprint density at radius 3 is 2.35 bits per heavy atom. The molecule has 11 heteroatoms. The Labute approximate surface area is 182 Å². The van der Waals surface area contributed by atoms with Gasteiger partial charge in [-0.2, -0.15) is 9.40 Å². The summed E-state index contributed by atoms with van der Waals surface area (Å²) in [4.78, 5) is 4.39. The van der Waals surface area contributed by atoms with E-state index in [1.165, 1.54) is 24.6 Å². The molecule has 2 aromatic rings. The quantitative estimate of drug-likeness (QED) is 0.635. The van der Waals surface area contributed by atoms with Gasteiger partial charge in [-0.25, -0.2) is 8.42 Å². The molecule has 4 rings (SSSR count). The van der Waals surface area contributed by atoms with Crippen LogP contribution in [0.25, 0.3) is 0 Å². The van der Waals surface area contributed by atoms with Crippen LogP contribution in [0.5, 0.6) is 11.5 Å². The average Bonchev–Trinajstić information content (AvgIpc) is 2.84. The third-order valence-corrected chi connectivity index (χ3v) is 7.47. The average molecular weight is 450 g/mol. The third kappa shape index (κ3) is 4.53. The molecule has 2 aliphatic heterocycles. The molecule has 168 valence electrons. The van der Waals surface area contributed by atoms with Crippen LogP contribution in [0.15, 0.2) is 35.4 Å². The molecule has 10 nitrogen and oxygen atoms in total. The van der Waals surface area contributed by atoms with Gasteiger partial charge in [0.2, 0.25) is 10.0 Å². The van der Waals surface area contributed by atoms with Gasteiger partial charge in [0.05, 0.1) is 39.3 Å². The lowest BCUT2D eigenvalue weighted by molar-refractivity contribution is 0.122. The van der Waals surface area contributed by atoms with Gasteiger partial charge in [0.25, 0.3) is 0 Å². The van der Waals surface area contributed by atoms with Crippen molar-refractivity contribution >= 4 is 21.5 Å². The zero-order valence-corrected chi connectivity index (χ0v) is 18.5. The fourth-order valence-corrected chi connectivity index (χ4v) is 5.37. The molecular weight excluding hydrogens is 422 g/mol. The number of rotatable bonds is 6. The fourth-order valence-electron chi connectivity index (χ4n) is 3.78. The summed E-state index contributed by atoms with van der Waals surface area (Å²) >= 11 is 0. The topological polar surface area (TPSA) is 97.3 Å². The minimum atomic E-state index is -3.72. The van der Waals surface area contributed by atoms with E-state index in [0.717, 1.165) is 24.6 Å². The first kappa shape index (κ1) is 21.6. The number of nitrogens with zero attached hydrogens (tertiary/aromatic N) is 5. The highest BCUT2D eigenvalue weighted by atomic mass is 32.2. The van der Waals surface area contributed by atoms with Gasteiger partial charge in [-0.1, -0.05) is 0 Å². The molecular formula is C20H27N5O5S. The van der Waals surface area contributed by atoms with Crippen molar-refractivity contribution in [2.24, 2.45) is 0 Å². The number of sulfonamides is 1. The van der Waals surface area contributed by atoms with Crippen LogP contribution in [0.2, 0.25) is 0 Å². The Hall–Kier alpha value is -2.63. The van der Waals surface area contributed by atoms with Crippen molar-refractivity contribution in [2.45, 2.75) is 4.90 Å². The second-order valence-corrected chi connectivity index (χ2v) is 9.19. The number of ether oxygens (including phenoxy) is 3. The van der Waals surface area contributed by atoms with Crippen LogP contribution < -0.4 is 19.3 Å². The Bertz CT molecular complexity index is 1000. The maximum atomic E-state index is 13.3. The largest absolute Gasteiger partial charge is 0.497 e. The summed E-state index contributed by atoms with van der Waals surface area (Å²) in [5, 5.41) is 8.42. The Morgan fingerprint density at radius 1 is 0.935 bits per heavy atom. The number of morpholine rings is 1. The molecule has 0 bridgehead atoms. The molecule has 0 aliphatic carbocycles. The van der Waals surface area contributed by atoms with Gasteiger partial charge < -0.3 is 24.0 Å². The molecule has 1 aromatic carbocycles. The summed E-state index contributed by atoms with van der Waals surface area (Å²) in [5.74, 6) is 1.51. The Kier molecular flexibility index (Phi) is 6.44. The first-order chi connectivity index (χ1) is 15.0. The number of anilines is 2. The van der Waals surface area contributed by atoms with Crippen molar-refractivity contribution in [1.82, 2.24) is 14.5 Å². The predicted molar refractivity (Wildman–Crippen MR) is 116 cm³/mol. The molecule has 0 atom stereocenters. The SMILES string of the molecule is COc1ccc(OC)c(S(=O)(=O)N2CCN(c3cc(N4CCOCC4)cnn3)CC2)c1. The fraction of sp³-hybridized carbons (Fsp3) is 0.500. The van der Waals surface area contributed by atoms with Crippen LogP contribution >= 0.6 is 0 Å². The van der Waals surface area contributed by atoms with E-state index in [4.69, 9.17) is 14.2 Å². The molecule has 0 amide bonds. The molecule has 31 heavy (non-hydrogen) atoms.